The highest BCUT2D eigenvalue weighted by Gasteiger charge is 2.18. The van der Waals surface area contributed by atoms with Gasteiger partial charge in [0, 0.05) is 29.3 Å². The highest BCUT2D eigenvalue weighted by molar-refractivity contribution is 7.11. The van der Waals surface area contributed by atoms with Crippen LogP contribution in [0, 0.1) is 25.2 Å². The van der Waals surface area contributed by atoms with E-state index in [1.165, 1.54) is 50.5 Å². The van der Waals surface area contributed by atoms with E-state index in [0.717, 1.165) is 16.8 Å². The Hall–Kier alpha value is -3.83. The number of hydrogen-bond donors (Lipinski definition) is 1. The molecule has 0 aliphatic rings. The van der Waals surface area contributed by atoms with Crippen molar-refractivity contribution in [1.29, 1.82) is 5.26 Å². The van der Waals surface area contributed by atoms with Gasteiger partial charge in [0.15, 0.2) is 11.5 Å². The molecule has 0 aliphatic heterocycles. The zero-order valence-electron chi connectivity index (χ0n) is 18.5. The van der Waals surface area contributed by atoms with Crippen LogP contribution < -0.4 is 14.8 Å². The van der Waals surface area contributed by atoms with Crippen molar-refractivity contribution in [3.63, 3.8) is 0 Å². The Morgan fingerprint density at radius 2 is 1.84 bits per heavy atom. The maximum absolute atomic E-state index is 12.2. The number of nitrogens with zero attached hydrogens (tertiary/aromatic N) is 2. The van der Waals surface area contributed by atoms with Crippen molar-refractivity contribution in [1.82, 2.24) is 4.98 Å². The predicted octanol–water partition coefficient (Wildman–Crippen LogP) is 5.21. The molecule has 1 N–H and O–H groups in total. The first kappa shape index (κ1) is 22.8. The Bertz CT molecular complexity index is 1220. The first-order chi connectivity index (χ1) is 15.4. The third-order valence-electron chi connectivity index (χ3n) is 4.81. The Balaban J connectivity index is 1.96. The van der Waals surface area contributed by atoms with Crippen LogP contribution in [0.25, 0.3) is 16.8 Å². The van der Waals surface area contributed by atoms with Crippen molar-refractivity contribution in [3.8, 4) is 28.8 Å². The number of allylic oxidation sites excluding steroid dienone is 1. The number of thiazole rings is 1. The van der Waals surface area contributed by atoms with Crippen molar-refractivity contribution in [3.05, 3.63) is 63.6 Å². The van der Waals surface area contributed by atoms with Gasteiger partial charge in [0.05, 0.1) is 38.3 Å². The molecule has 1 aromatic heterocycles. The lowest BCUT2D eigenvalue weighted by atomic mass is 10.0. The molecular formula is C24H23N3O4S. The summed E-state index contributed by atoms with van der Waals surface area (Å²) in [6.07, 6.45) is 1.51. The van der Waals surface area contributed by atoms with Gasteiger partial charge in [-0.05, 0) is 19.4 Å². The predicted molar refractivity (Wildman–Crippen MR) is 125 cm³/mol. The van der Waals surface area contributed by atoms with E-state index in [1.807, 2.05) is 31.4 Å². The number of nitrogens with one attached hydrogen (secondary N) is 1. The molecule has 8 heteroatoms. The molecule has 0 bridgehead atoms. The lowest BCUT2D eigenvalue weighted by Crippen LogP contribution is -2.07. The first-order valence-electron chi connectivity index (χ1n) is 9.66. The molecule has 0 atom stereocenters. The summed E-state index contributed by atoms with van der Waals surface area (Å²) in [5.41, 5.74) is 5.12. The van der Waals surface area contributed by atoms with Crippen LogP contribution in [0.3, 0.4) is 0 Å². The van der Waals surface area contributed by atoms with Crippen molar-refractivity contribution in [2.75, 3.05) is 26.6 Å². The van der Waals surface area contributed by atoms with Crippen molar-refractivity contribution in [2.45, 2.75) is 13.8 Å². The molecule has 3 aromatic rings. The van der Waals surface area contributed by atoms with Crippen LogP contribution in [-0.2, 0) is 4.74 Å². The highest BCUT2D eigenvalue weighted by Crippen LogP contribution is 2.34. The molecule has 7 nitrogen and oxygen atoms in total. The summed E-state index contributed by atoms with van der Waals surface area (Å²) >= 11 is 1.38. The maximum atomic E-state index is 12.2. The lowest BCUT2D eigenvalue weighted by molar-refractivity contribution is 0.0601. The molecule has 0 amide bonds. The van der Waals surface area contributed by atoms with E-state index in [0.29, 0.717) is 27.8 Å². The van der Waals surface area contributed by atoms with Crippen molar-refractivity contribution in [2.24, 2.45) is 0 Å². The number of aryl methyl sites for hydroxylation is 2. The van der Waals surface area contributed by atoms with Gasteiger partial charge in [-0.25, -0.2) is 9.78 Å². The summed E-state index contributed by atoms with van der Waals surface area (Å²) in [6, 6.07) is 11.5. The SMILES string of the molecule is COC(=O)c1cc(OC)c(OC)cc1N/C=C(\C#N)c1nc(-c2ccc(C)cc2C)cs1. The first-order valence-corrected chi connectivity index (χ1v) is 10.5. The number of carbonyl (C=O) groups excluding carboxylic acids is 1. The average molecular weight is 450 g/mol. The number of anilines is 1. The molecule has 2 aromatic carbocycles. The summed E-state index contributed by atoms with van der Waals surface area (Å²) in [7, 11) is 4.28. The number of nitriles is 1. The largest absolute Gasteiger partial charge is 0.493 e. The van der Waals surface area contributed by atoms with Crippen LogP contribution in [0.1, 0.15) is 26.5 Å². The third kappa shape index (κ3) is 4.74. The number of esters is 1. The van der Waals surface area contributed by atoms with Gasteiger partial charge >= 0.3 is 5.97 Å². The standard InChI is InChI=1S/C24H23N3O4S/c1-14-6-7-17(15(2)8-14)20-13-32-23(27-20)16(11-25)12-26-19-10-22(30-4)21(29-3)9-18(19)24(28)31-5/h6-10,12-13,26H,1-5H3/b16-12+. The maximum Gasteiger partial charge on any atom is 0.340 e. The van der Waals surface area contributed by atoms with Crippen molar-refractivity contribution < 1.29 is 19.0 Å². The molecule has 32 heavy (non-hydrogen) atoms. The van der Waals surface area contributed by atoms with Crippen LogP contribution in [0.4, 0.5) is 5.69 Å². The molecule has 0 radical (unpaired) electrons. The Kier molecular flexibility index (Phi) is 7.13. The van der Waals surface area contributed by atoms with Gasteiger partial charge in [-0.2, -0.15) is 5.26 Å². The Morgan fingerprint density at radius 3 is 2.47 bits per heavy atom. The molecule has 0 aliphatic carbocycles. The van der Waals surface area contributed by atoms with E-state index in [2.05, 4.69) is 22.4 Å². The molecule has 164 valence electrons. The minimum Gasteiger partial charge on any atom is -0.493 e. The zero-order valence-corrected chi connectivity index (χ0v) is 19.3. The Morgan fingerprint density at radius 1 is 1.12 bits per heavy atom. The fourth-order valence-electron chi connectivity index (χ4n) is 3.19. The molecule has 1 heterocycles. The number of methoxy groups -OCH3 is 3. The van der Waals surface area contributed by atoms with Gasteiger partial charge in [-0.15, -0.1) is 11.3 Å². The number of ether oxygens (including phenoxy) is 3. The van der Waals surface area contributed by atoms with Crippen LogP contribution in [0.5, 0.6) is 11.5 Å². The third-order valence-corrected chi connectivity index (χ3v) is 5.69. The minimum atomic E-state index is -0.549. The fraction of sp³-hybridized carbons (Fsp3) is 0.208. The van der Waals surface area contributed by atoms with E-state index < -0.39 is 5.97 Å². The second kappa shape index (κ2) is 9.98. The van der Waals surface area contributed by atoms with Crippen LogP contribution in [0.2, 0.25) is 0 Å². The smallest absolute Gasteiger partial charge is 0.340 e. The number of benzene rings is 2. The van der Waals surface area contributed by atoms with E-state index in [9.17, 15) is 10.1 Å². The molecule has 0 spiro atoms. The summed E-state index contributed by atoms with van der Waals surface area (Å²) in [6.45, 7) is 4.08. The van der Waals surface area contributed by atoms with Gasteiger partial charge in [-0.1, -0.05) is 23.8 Å². The fourth-order valence-corrected chi connectivity index (χ4v) is 3.98. The monoisotopic (exact) mass is 449 g/mol. The van der Waals surface area contributed by atoms with Gasteiger partial charge in [0.1, 0.15) is 16.6 Å². The number of carbonyl (C=O) groups is 1. The zero-order chi connectivity index (χ0) is 23.3. The molecule has 0 saturated carbocycles. The minimum absolute atomic E-state index is 0.244. The lowest BCUT2D eigenvalue weighted by Gasteiger charge is -2.13. The van der Waals surface area contributed by atoms with E-state index in [1.54, 1.807) is 6.07 Å². The highest BCUT2D eigenvalue weighted by atomic mass is 32.1. The van der Waals surface area contributed by atoms with Crippen LogP contribution >= 0.6 is 11.3 Å². The second-order valence-electron chi connectivity index (χ2n) is 6.91. The van der Waals surface area contributed by atoms with Crippen LogP contribution in [0.15, 0.2) is 41.9 Å². The van der Waals surface area contributed by atoms with Gasteiger partial charge in [0.2, 0.25) is 0 Å². The van der Waals surface area contributed by atoms with E-state index in [4.69, 9.17) is 14.2 Å². The van der Waals surface area contributed by atoms with E-state index >= 15 is 0 Å². The van der Waals surface area contributed by atoms with Crippen molar-refractivity contribution >= 4 is 28.6 Å². The number of rotatable bonds is 7. The Labute approximate surface area is 190 Å². The number of aromatic nitrogens is 1. The number of hydrogen-bond acceptors (Lipinski definition) is 8. The molecule has 3 rings (SSSR count). The normalized spacial score (nSPS) is 10.9. The molecular weight excluding hydrogens is 426 g/mol. The molecule has 0 unspecified atom stereocenters. The van der Waals surface area contributed by atoms with Crippen LogP contribution in [-0.4, -0.2) is 32.3 Å². The summed E-state index contributed by atoms with van der Waals surface area (Å²) in [4.78, 5) is 16.9. The summed E-state index contributed by atoms with van der Waals surface area (Å²) in [5.74, 6) is 0.272. The van der Waals surface area contributed by atoms with E-state index in [-0.39, 0.29) is 5.56 Å². The summed E-state index contributed by atoms with van der Waals surface area (Å²) < 4.78 is 15.5. The molecule has 0 saturated heterocycles. The van der Waals surface area contributed by atoms with Gasteiger partial charge in [-0.3, -0.25) is 0 Å². The quantitative estimate of drug-likeness (QED) is 0.391. The average Bonchev–Trinajstić information content (AvgIpc) is 3.28. The van der Waals surface area contributed by atoms with Gasteiger partial charge in [0.25, 0.3) is 0 Å². The second-order valence-corrected chi connectivity index (χ2v) is 7.77. The van der Waals surface area contributed by atoms with Gasteiger partial charge < -0.3 is 19.5 Å². The topological polar surface area (TPSA) is 93.5 Å². The molecule has 0 fully saturated rings. The summed E-state index contributed by atoms with van der Waals surface area (Å²) in [5, 5.41) is 15.2.